The predicted molar refractivity (Wildman–Crippen MR) is 92.2 cm³/mol. The Labute approximate surface area is 143 Å². The summed E-state index contributed by atoms with van der Waals surface area (Å²) in [5.74, 6) is 0.669. The van der Waals surface area contributed by atoms with E-state index in [9.17, 15) is 4.79 Å². The standard InChI is InChI=1S/C16H25BN4O3/c1-11(22)20-13-6-7-21(10-13)14-18-8-12(9-19-14)17-23-15(2,3)16(4,5)24-17/h8-9,13H,6-7,10H2,1-5H3,(H,20,22)/t13-/m1/s1. The lowest BCUT2D eigenvalue weighted by Crippen LogP contribution is -2.41. The molecule has 1 atom stereocenters. The van der Waals surface area contributed by atoms with Gasteiger partial charge in [0.05, 0.1) is 11.2 Å². The lowest BCUT2D eigenvalue weighted by Gasteiger charge is -2.32. The second-order valence-electron chi connectivity index (χ2n) is 7.54. The summed E-state index contributed by atoms with van der Waals surface area (Å²) in [6.07, 6.45) is 4.42. The SMILES string of the molecule is CC(=O)N[C@@H]1CCN(c2ncc(B3OC(C)(C)C(C)(C)O3)cn2)C1. The van der Waals surface area contributed by atoms with Crippen LogP contribution in [0.1, 0.15) is 41.0 Å². The molecule has 0 radical (unpaired) electrons. The van der Waals surface area contributed by atoms with Gasteiger partial charge in [0.25, 0.3) is 0 Å². The van der Waals surface area contributed by atoms with Gasteiger partial charge in [0.1, 0.15) is 0 Å². The van der Waals surface area contributed by atoms with Gasteiger partial charge in [-0.15, -0.1) is 0 Å². The highest BCUT2D eigenvalue weighted by Crippen LogP contribution is 2.36. The quantitative estimate of drug-likeness (QED) is 0.812. The first-order valence-corrected chi connectivity index (χ1v) is 8.37. The molecule has 1 aromatic rings. The van der Waals surface area contributed by atoms with Crippen LogP contribution in [0, 0.1) is 0 Å². The number of hydrogen-bond acceptors (Lipinski definition) is 6. The molecular formula is C16H25BN4O3. The Morgan fingerprint density at radius 3 is 2.38 bits per heavy atom. The number of nitrogens with zero attached hydrogens (tertiary/aromatic N) is 3. The van der Waals surface area contributed by atoms with Gasteiger partial charge < -0.3 is 19.5 Å². The molecule has 2 aliphatic heterocycles. The Bertz CT molecular complexity index is 604. The van der Waals surface area contributed by atoms with E-state index in [1.54, 1.807) is 19.3 Å². The van der Waals surface area contributed by atoms with Crippen molar-refractivity contribution in [2.45, 2.75) is 58.3 Å². The van der Waals surface area contributed by atoms with Crippen LogP contribution in [0.3, 0.4) is 0 Å². The fraction of sp³-hybridized carbons (Fsp3) is 0.688. The average molecular weight is 332 g/mol. The number of hydrogen-bond donors (Lipinski definition) is 1. The van der Waals surface area contributed by atoms with Crippen LogP contribution in [0.25, 0.3) is 0 Å². The second kappa shape index (κ2) is 6.00. The number of rotatable bonds is 3. The zero-order valence-electron chi connectivity index (χ0n) is 15.0. The highest BCUT2D eigenvalue weighted by Gasteiger charge is 2.52. The van der Waals surface area contributed by atoms with Crippen molar-refractivity contribution in [3.8, 4) is 0 Å². The summed E-state index contributed by atoms with van der Waals surface area (Å²) in [5.41, 5.74) is 0.0586. The number of carbonyl (C=O) groups excluding carboxylic acids is 1. The van der Waals surface area contributed by atoms with Crippen molar-refractivity contribution in [2.24, 2.45) is 0 Å². The molecule has 0 spiro atoms. The van der Waals surface area contributed by atoms with E-state index in [2.05, 4.69) is 20.2 Å². The molecule has 3 rings (SSSR count). The van der Waals surface area contributed by atoms with Gasteiger partial charge in [-0.3, -0.25) is 4.79 Å². The zero-order chi connectivity index (χ0) is 17.5. The summed E-state index contributed by atoms with van der Waals surface area (Å²) in [6.45, 7) is 11.2. The van der Waals surface area contributed by atoms with E-state index in [0.29, 0.717) is 5.95 Å². The monoisotopic (exact) mass is 332 g/mol. The lowest BCUT2D eigenvalue weighted by atomic mass is 9.81. The largest absolute Gasteiger partial charge is 0.498 e. The molecule has 8 heteroatoms. The second-order valence-corrected chi connectivity index (χ2v) is 7.54. The zero-order valence-corrected chi connectivity index (χ0v) is 15.0. The van der Waals surface area contributed by atoms with Crippen LogP contribution < -0.4 is 15.7 Å². The van der Waals surface area contributed by atoms with Crippen LogP contribution in [-0.4, -0.2) is 53.3 Å². The summed E-state index contributed by atoms with van der Waals surface area (Å²) < 4.78 is 12.0. The highest BCUT2D eigenvalue weighted by atomic mass is 16.7. The molecule has 0 aliphatic carbocycles. The molecule has 24 heavy (non-hydrogen) atoms. The van der Waals surface area contributed by atoms with E-state index in [1.807, 2.05) is 27.7 Å². The molecule has 0 unspecified atom stereocenters. The first-order valence-electron chi connectivity index (χ1n) is 8.37. The van der Waals surface area contributed by atoms with Gasteiger partial charge in [0.2, 0.25) is 11.9 Å². The smallest absolute Gasteiger partial charge is 0.399 e. The minimum Gasteiger partial charge on any atom is -0.399 e. The lowest BCUT2D eigenvalue weighted by molar-refractivity contribution is -0.119. The van der Waals surface area contributed by atoms with Crippen LogP contribution in [-0.2, 0) is 14.1 Å². The van der Waals surface area contributed by atoms with Crippen molar-refractivity contribution in [3.05, 3.63) is 12.4 Å². The summed E-state index contributed by atoms with van der Waals surface area (Å²) >= 11 is 0. The molecule has 130 valence electrons. The van der Waals surface area contributed by atoms with E-state index in [1.165, 1.54) is 0 Å². The maximum atomic E-state index is 11.2. The van der Waals surface area contributed by atoms with Crippen LogP contribution in [0.5, 0.6) is 0 Å². The number of aromatic nitrogens is 2. The number of carbonyl (C=O) groups is 1. The third-order valence-corrected chi connectivity index (χ3v) is 5.06. The number of amides is 1. The van der Waals surface area contributed by atoms with Crippen LogP contribution in [0.2, 0.25) is 0 Å². The molecule has 1 N–H and O–H groups in total. The van der Waals surface area contributed by atoms with E-state index in [4.69, 9.17) is 9.31 Å². The van der Waals surface area contributed by atoms with Crippen LogP contribution in [0.4, 0.5) is 5.95 Å². The maximum absolute atomic E-state index is 11.2. The Morgan fingerprint density at radius 2 is 1.83 bits per heavy atom. The van der Waals surface area contributed by atoms with Gasteiger partial charge in [-0.2, -0.15) is 0 Å². The predicted octanol–water partition coefficient (Wildman–Crippen LogP) is 0.491. The molecule has 0 saturated carbocycles. The Morgan fingerprint density at radius 1 is 1.25 bits per heavy atom. The molecule has 1 amide bonds. The van der Waals surface area contributed by atoms with Crippen molar-refractivity contribution in [2.75, 3.05) is 18.0 Å². The molecule has 1 aromatic heterocycles. The first kappa shape index (κ1) is 17.2. The van der Waals surface area contributed by atoms with E-state index >= 15 is 0 Å². The van der Waals surface area contributed by atoms with Gasteiger partial charge in [0.15, 0.2) is 0 Å². The third kappa shape index (κ3) is 3.25. The molecule has 2 fully saturated rings. The number of anilines is 1. The first-order chi connectivity index (χ1) is 11.2. The van der Waals surface area contributed by atoms with E-state index in [-0.39, 0.29) is 23.2 Å². The maximum Gasteiger partial charge on any atom is 0.498 e. The van der Waals surface area contributed by atoms with Gasteiger partial charge in [-0.25, -0.2) is 9.97 Å². The topological polar surface area (TPSA) is 76.6 Å². The van der Waals surface area contributed by atoms with E-state index in [0.717, 1.165) is 25.0 Å². The summed E-state index contributed by atoms with van der Waals surface area (Å²) in [5, 5.41) is 2.94. The molecule has 0 bridgehead atoms. The molecule has 0 aromatic carbocycles. The fourth-order valence-corrected chi connectivity index (χ4v) is 2.94. The van der Waals surface area contributed by atoms with Crippen molar-refractivity contribution < 1.29 is 14.1 Å². The van der Waals surface area contributed by atoms with Crippen LogP contribution >= 0.6 is 0 Å². The summed E-state index contributed by atoms with van der Waals surface area (Å²) in [4.78, 5) is 22.1. The van der Waals surface area contributed by atoms with Crippen molar-refractivity contribution in [3.63, 3.8) is 0 Å². The Kier molecular flexibility index (Phi) is 4.29. The third-order valence-electron chi connectivity index (χ3n) is 5.06. The van der Waals surface area contributed by atoms with Crippen molar-refractivity contribution >= 4 is 24.4 Å². The van der Waals surface area contributed by atoms with Crippen molar-refractivity contribution in [1.29, 1.82) is 0 Å². The van der Waals surface area contributed by atoms with Crippen molar-refractivity contribution in [1.82, 2.24) is 15.3 Å². The van der Waals surface area contributed by atoms with Gasteiger partial charge in [0, 0.05) is 43.9 Å². The molecule has 2 saturated heterocycles. The minimum atomic E-state index is -0.449. The summed E-state index contributed by atoms with van der Waals surface area (Å²) in [6, 6.07) is 0.161. The van der Waals surface area contributed by atoms with Gasteiger partial charge in [-0.05, 0) is 34.1 Å². The number of nitrogens with one attached hydrogen (secondary N) is 1. The van der Waals surface area contributed by atoms with Crippen LogP contribution in [0.15, 0.2) is 12.4 Å². The minimum absolute atomic E-state index is 0.00104. The molecule has 3 heterocycles. The molecule has 2 aliphatic rings. The summed E-state index contributed by atoms with van der Waals surface area (Å²) in [7, 11) is -0.449. The highest BCUT2D eigenvalue weighted by molar-refractivity contribution is 6.61. The molecule has 7 nitrogen and oxygen atoms in total. The van der Waals surface area contributed by atoms with E-state index < -0.39 is 7.12 Å². The normalized spacial score (nSPS) is 25.1. The molecular weight excluding hydrogens is 307 g/mol. The van der Waals surface area contributed by atoms with Gasteiger partial charge >= 0.3 is 7.12 Å². The fourth-order valence-electron chi connectivity index (χ4n) is 2.94. The Hall–Kier alpha value is -1.67. The average Bonchev–Trinajstić information content (AvgIpc) is 3.01. The Balaban J connectivity index is 1.66. The van der Waals surface area contributed by atoms with Gasteiger partial charge in [-0.1, -0.05) is 0 Å².